The van der Waals surface area contributed by atoms with E-state index in [2.05, 4.69) is 27.9 Å². The summed E-state index contributed by atoms with van der Waals surface area (Å²) in [6.07, 6.45) is 2.30. The summed E-state index contributed by atoms with van der Waals surface area (Å²) in [4.78, 5) is 28.0. The van der Waals surface area contributed by atoms with Crippen LogP contribution >= 0.6 is 0 Å². The van der Waals surface area contributed by atoms with Crippen LogP contribution in [0, 0.1) is 6.92 Å². The number of likely N-dealkylation sites (N-methyl/N-ethyl adjacent to an activating group) is 1. The number of aryl methyl sites for hydroxylation is 1. The van der Waals surface area contributed by atoms with Crippen molar-refractivity contribution in [2.75, 3.05) is 33.2 Å². The fourth-order valence-electron chi connectivity index (χ4n) is 4.74. The summed E-state index contributed by atoms with van der Waals surface area (Å²) < 4.78 is 6.00. The Bertz CT molecular complexity index is 1270. The second kappa shape index (κ2) is 10.5. The predicted molar refractivity (Wildman–Crippen MR) is 139 cm³/mol. The number of piperazine rings is 1. The van der Waals surface area contributed by atoms with Crippen LogP contribution in [0.15, 0.2) is 64.1 Å². The first-order chi connectivity index (χ1) is 17.5. The van der Waals surface area contributed by atoms with Gasteiger partial charge in [-0.1, -0.05) is 42.5 Å². The number of hydrogen-bond acceptors (Lipinski definition) is 6. The third kappa shape index (κ3) is 5.10. The Morgan fingerprint density at radius 3 is 2.31 bits per heavy atom. The van der Waals surface area contributed by atoms with Crippen molar-refractivity contribution in [3.8, 4) is 11.1 Å². The minimum Gasteiger partial charge on any atom is -0.455 e. The van der Waals surface area contributed by atoms with Crippen molar-refractivity contribution in [2.24, 2.45) is 5.10 Å². The number of amides is 2. The maximum atomic E-state index is 13.0. The molecule has 0 unspecified atom stereocenters. The topological polar surface area (TPSA) is 90.2 Å². The van der Waals surface area contributed by atoms with E-state index in [9.17, 15) is 9.59 Å². The average molecular weight is 486 g/mol. The highest BCUT2D eigenvalue weighted by molar-refractivity contribution is 6.07. The van der Waals surface area contributed by atoms with Crippen LogP contribution in [0.2, 0.25) is 0 Å². The molecule has 8 nitrogen and oxygen atoms in total. The Balaban J connectivity index is 1.28. The van der Waals surface area contributed by atoms with E-state index in [1.165, 1.54) is 0 Å². The molecule has 0 saturated carbocycles. The van der Waals surface area contributed by atoms with E-state index < -0.39 is 0 Å². The first-order valence-electron chi connectivity index (χ1n) is 12.4. The zero-order valence-corrected chi connectivity index (χ0v) is 20.7. The number of hydrazone groups is 1. The summed E-state index contributed by atoms with van der Waals surface area (Å²) in [7, 11) is 2.07. The van der Waals surface area contributed by atoms with Gasteiger partial charge in [0, 0.05) is 49.3 Å². The minimum atomic E-state index is -0.275. The van der Waals surface area contributed by atoms with E-state index in [0.717, 1.165) is 72.7 Å². The van der Waals surface area contributed by atoms with E-state index in [1.54, 1.807) is 12.1 Å². The van der Waals surface area contributed by atoms with Crippen LogP contribution in [-0.4, -0.2) is 60.7 Å². The largest absolute Gasteiger partial charge is 0.455 e. The van der Waals surface area contributed by atoms with Gasteiger partial charge in [-0.05, 0) is 50.1 Å². The maximum Gasteiger partial charge on any atom is 0.301 e. The Morgan fingerprint density at radius 1 is 0.889 bits per heavy atom. The summed E-state index contributed by atoms with van der Waals surface area (Å²) in [6.45, 7) is 5.23. The lowest BCUT2D eigenvalue weighted by molar-refractivity contribution is 0.0634. The van der Waals surface area contributed by atoms with Crippen molar-refractivity contribution in [3.63, 3.8) is 0 Å². The molecule has 0 spiro atoms. The second-order valence-corrected chi connectivity index (χ2v) is 9.38. The zero-order chi connectivity index (χ0) is 25.1. The Kier molecular flexibility index (Phi) is 6.97. The molecule has 1 aromatic heterocycles. The van der Waals surface area contributed by atoms with Crippen LogP contribution in [0.3, 0.4) is 0 Å². The lowest BCUT2D eigenvalue weighted by atomic mass is 9.93. The Morgan fingerprint density at radius 2 is 1.58 bits per heavy atom. The lowest BCUT2D eigenvalue weighted by Gasteiger charge is -2.32. The van der Waals surface area contributed by atoms with Crippen LogP contribution in [0.5, 0.6) is 0 Å². The van der Waals surface area contributed by atoms with Crippen LogP contribution in [0.4, 0.5) is 0 Å². The number of nitrogens with one attached hydrogen (secondary N) is 2. The second-order valence-electron chi connectivity index (χ2n) is 9.38. The molecule has 1 aliphatic carbocycles. The van der Waals surface area contributed by atoms with E-state index >= 15 is 0 Å². The molecule has 0 radical (unpaired) electrons. The van der Waals surface area contributed by atoms with E-state index in [0.29, 0.717) is 17.7 Å². The Hall–Kier alpha value is -3.75. The normalized spacial score (nSPS) is 17.6. The number of hydrazine groups is 1. The quantitative estimate of drug-likeness (QED) is 0.539. The van der Waals surface area contributed by atoms with Crippen molar-refractivity contribution >= 4 is 17.5 Å². The average Bonchev–Trinajstić information content (AvgIpc) is 3.26. The molecule has 1 saturated heterocycles. The smallest absolute Gasteiger partial charge is 0.301 e. The third-order valence-corrected chi connectivity index (χ3v) is 6.84. The van der Waals surface area contributed by atoms with Crippen molar-refractivity contribution < 1.29 is 14.0 Å². The number of benzene rings is 2. The SMILES string of the molecule is Cc1c(C(=O)NN2CCN(C)CC2)oc2c1/C(=N/NC(=O)c1ccc(-c3ccccc3)cc1)CCC2. The summed E-state index contributed by atoms with van der Waals surface area (Å²) in [5, 5.41) is 6.38. The molecule has 36 heavy (non-hydrogen) atoms. The highest BCUT2D eigenvalue weighted by Gasteiger charge is 2.29. The van der Waals surface area contributed by atoms with Gasteiger partial charge in [-0.3, -0.25) is 15.0 Å². The van der Waals surface area contributed by atoms with Crippen molar-refractivity contribution in [2.45, 2.75) is 26.2 Å². The van der Waals surface area contributed by atoms with Crippen molar-refractivity contribution in [3.05, 3.63) is 82.8 Å². The van der Waals surface area contributed by atoms with Gasteiger partial charge in [0.15, 0.2) is 5.76 Å². The van der Waals surface area contributed by atoms with Gasteiger partial charge in [0.2, 0.25) is 0 Å². The predicted octanol–water partition coefficient (Wildman–Crippen LogP) is 3.62. The van der Waals surface area contributed by atoms with Crippen LogP contribution in [-0.2, 0) is 6.42 Å². The molecule has 3 aromatic rings. The fourth-order valence-corrected chi connectivity index (χ4v) is 4.74. The van der Waals surface area contributed by atoms with Gasteiger partial charge in [-0.15, -0.1) is 0 Å². The van der Waals surface area contributed by atoms with Gasteiger partial charge in [0.25, 0.3) is 5.91 Å². The number of rotatable bonds is 5. The van der Waals surface area contributed by atoms with Gasteiger partial charge in [0.1, 0.15) is 5.76 Å². The molecule has 186 valence electrons. The van der Waals surface area contributed by atoms with Gasteiger partial charge >= 0.3 is 5.91 Å². The van der Waals surface area contributed by atoms with Gasteiger partial charge in [-0.25, -0.2) is 10.4 Å². The maximum absolute atomic E-state index is 13.0. The monoisotopic (exact) mass is 485 g/mol. The molecule has 0 bridgehead atoms. The number of carbonyl (C=O) groups is 2. The summed E-state index contributed by atoms with van der Waals surface area (Å²) in [6, 6.07) is 17.5. The highest BCUT2D eigenvalue weighted by atomic mass is 16.4. The van der Waals surface area contributed by atoms with Crippen LogP contribution in [0.1, 0.15) is 50.6 Å². The standard InChI is InChI=1S/C28H31N5O3/c1-19-25-23(29-30-27(34)22-13-11-21(12-14-22)20-7-4-3-5-8-20)9-6-10-24(25)36-26(19)28(35)31-33-17-15-32(2)16-18-33/h3-5,7-8,11-14H,6,9-10,15-18H2,1-2H3,(H,30,34)(H,31,35)/b29-23+. The number of hydrogen-bond donors (Lipinski definition) is 2. The van der Waals surface area contributed by atoms with Gasteiger partial charge in [0.05, 0.1) is 5.71 Å². The molecule has 2 amide bonds. The number of fused-ring (bicyclic) bond motifs is 1. The number of nitrogens with zero attached hydrogens (tertiary/aromatic N) is 3. The molecule has 1 fully saturated rings. The molecule has 5 rings (SSSR count). The number of furan rings is 1. The first kappa shape index (κ1) is 24.0. The molecular formula is C28H31N5O3. The molecule has 2 N–H and O–H groups in total. The van der Waals surface area contributed by atoms with E-state index in [4.69, 9.17) is 4.42 Å². The minimum absolute atomic E-state index is 0.242. The molecule has 2 heterocycles. The van der Waals surface area contributed by atoms with Crippen LogP contribution in [0.25, 0.3) is 11.1 Å². The van der Waals surface area contributed by atoms with Gasteiger partial charge in [-0.2, -0.15) is 5.10 Å². The Labute approximate surface area is 210 Å². The molecule has 1 aliphatic heterocycles. The summed E-state index contributed by atoms with van der Waals surface area (Å²) >= 11 is 0. The summed E-state index contributed by atoms with van der Waals surface area (Å²) in [5.74, 6) is 0.551. The molecule has 0 atom stereocenters. The van der Waals surface area contributed by atoms with Gasteiger partial charge < -0.3 is 9.32 Å². The van der Waals surface area contributed by atoms with Crippen molar-refractivity contribution in [1.29, 1.82) is 0 Å². The molecule has 2 aliphatic rings. The van der Waals surface area contributed by atoms with E-state index in [-0.39, 0.29) is 11.8 Å². The molecule has 2 aromatic carbocycles. The highest BCUT2D eigenvalue weighted by Crippen LogP contribution is 2.30. The fraction of sp³-hybridized carbons (Fsp3) is 0.321. The zero-order valence-electron chi connectivity index (χ0n) is 20.7. The summed E-state index contributed by atoms with van der Waals surface area (Å²) in [5.41, 5.74) is 10.7. The molecule has 8 heteroatoms. The number of carbonyl (C=O) groups excluding carboxylic acids is 2. The van der Waals surface area contributed by atoms with Crippen molar-refractivity contribution in [1.82, 2.24) is 20.8 Å². The lowest BCUT2D eigenvalue weighted by Crippen LogP contribution is -2.52. The van der Waals surface area contributed by atoms with E-state index in [1.807, 2.05) is 54.4 Å². The third-order valence-electron chi connectivity index (χ3n) is 6.84. The first-order valence-corrected chi connectivity index (χ1v) is 12.4. The molecular weight excluding hydrogens is 454 g/mol. The van der Waals surface area contributed by atoms with Crippen LogP contribution < -0.4 is 10.9 Å².